The highest BCUT2D eigenvalue weighted by Gasteiger charge is 2.14. The average Bonchev–Trinajstić information content (AvgIpc) is 2.83. The maximum Gasteiger partial charge on any atom is 0.0192 e. The average molecular weight is 224 g/mol. The molecule has 0 bridgehead atoms. The first-order valence-corrected chi connectivity index (χ1v) is 7.39. The van der Waals surface area contributed by atoms with Crippen LogP contribution in [0.2, 0.25) is 0 Å². The van der Waals surface area contributed by atoms with E-state index in [9.17, 15) is 0 Å². The molecule has 1 heterocycles. The molecule has 2 heteroatoms. The molecule has 1 saturated heterocycles. The predicted octanol–water partition coefficient (Wildman–Crippen LogP) is 2.69. The van der Waals surface area contributed by atoms with E-state index in [4.69, 9.17) is 0 Å². The van der Waals surface area contributed by atoms with Crippen LogP contribution in [0.4, 0.5) is 0 Å². The van der Waals surface area contributed by atoms with E-state index in [2.05, 4.69) is 10.6 Å². The van der Waals surface area contributed by atoms with E-state index in [-0.39, 0.29) is 0 Å². The van der Waals surface area contributed by atoms with Gasteiger partial charge in [0, 0.05) is 12.6 Å². The standard InChI is InChI=1S/C14H28N2/c1-2-7-13(6-1)8-5-10-15-12-14-9-3-4-11-16-14/h13-16H,1-12H2. The first-order valence-electron chi connectivity index (χ1n) is 7.39. The molecule has 2 aliphatic rings. The van der Waals surface area contributed by atoms with E-state index in [1.165, 1.54) is 77.4 Å². The number of rotatable bonds is 6. The molecule has 1 aliphatic carbocycles. The molecule has 0 radical (unpaired) electrons. The van der Waals surface area contributed by atoms with Crippen LogP contribution in [-0.4, -0.2) is 25.7 Å². The summed E-state index contributed by atoms with van der Waals surface area (Å²) in [5, 5.41) is 7.21. The Kier molecular flexibility index (Phi) is 5.64. The summed E-state index contributed by atoms with van der Waals surface area (Å²) in [7, 11) is 0. The molecule has 0 amide bonds. The van der Waals surface area contributed by atoms with Crippen molar-refractivity contribution < 1.29 is 0 Å². The van der Waals surface area contributed by atoms with Crippen LogP contribution in [-0.2, 0) is 0 Å². The lowest BCUT2D eigenvalue weighted by Gasteiger charge is -2.23. The summed E-state index contributed by atoms with van der Waals surface area (Å²) in [5.41, 5.74) is 0. The summed E-state index contributed by atoms with van der Waals surface area (Å²) in [5.74, 6) is 1.06. The monoisotopic (exact) mass is 224 g/mol. The van der Waals surface area contributed by atoms with Gasteiger partial charge < -0.3 is 10.6 Å². The van der Waals surface area contributed by atoms with Gasteiger partial charge in [0.2, 0.25) is 0 Å². The summed E-state index contributed by atoms with van der Waals surface area (Å²) in [4.78, 5) is 0. The molecule has 1 unspecified atom stereocenters. The fourth-order valence-electron chi connectivity index (χ4n) is 3.19. The third kappa shape index (κ3) is 4.42. The zero-order valence-corrected chi connectivity index (χ0v) is 10.6. The van der Waals surface area contributed by atoms with Crippen LogP contribution in [0, 0.1) is 5.92 Å². The fraction of sp³-hybridized carbons (Fsp3) is 1.00. The van der Waals surface area contributed by atoms with E-state index >= 15 is 0 Å². The molecule has 0 aromatic rings. The minimum Gasteiger partial charge on any atom is -0.315 e. The molecular weight excluding hydrogens is 196 g/mol. The predicted molar refractivity (Wildman–Crippen MR) is 69.7 cm³/mol. The lowest BCUT2D eigenvalue weighted by atomic mass is 10.0. The van der Waals surface area contributed by atoms with E-state index in [0.29, 0.717) is 0 Å². The van der Waals surface area contributed by atoms with Gasteiger partial charge >= 0.3 is 0 Å². The smallest absolute Gasteiger partial charge is 0.0192 e. The molecule has 0 aromatic heterocycles. The topological polar surface area (TPSA) is 24.1 Å². The van der Waals surface area contributed by atoms with Crippen molar-refractivity contribution in [1.29, 1.82) is 0 Å². The number of piperidine rings is 1. The molecule has 2 rings (SSSR count). The van der Waals surface area contributed by atoms with Crippen molar-refractivity contribution in [3.63, 3.8) is 0 Å². The first-order chi connectivity index (χ1) is 7.95. The normalized spacial score (nSPS) is 27.4. The molecular formula is C14H28N2. The lowest BCUT2D eigenvalue weighted by molar-refractivity contribution is 0.378. The maximum atomic E-state index is 3.62. The molecule has 2 N–H and O–H groups in total. The highest BCUT2D eigenvalue weighted by Crippen LogP contribution is 2.28. The van der Waals surface area contributed by atoms with Crippen LogP contribution in [0.15, 0.2) is 0 Å². The van der Waals surface area contributed by atoms with Gasteiger partial charge in [-0.3, -0.25) is 0 Å². The third-order valence-electron chi connectivity index (χ3n) is 4.24. The van der Waals surface area contributed by atoms with E-state index in [1.54, 1.807) is 0 Å². The van der Waals surface area contributed by atoms with Crippen molar-refractivity contribution in [2.24, 2.45) is 5.92 Å². The fourth-order valence-corrected chi connectivity index (χ4v) is 3.19. The van der Waals surface area contributed by atoms with Crippen molar-refractivity contribution >= 4 is 0 Å². The highest BCUT2D eigenvalue weighted by atomic mass is 15.0. The summed E-state index contributed by atoms with van der Waals surface area (Å²) < 4.78 is 0. The summed E-state index contributed by atoms with van der Waals surface area (Å²) in [6.07, 6.45) is 13.0. The van der Waals surface area contributed by atoms with Gasteiger partial charge in [0.1, 0.15) is 0 Å². The summed E-state index contributed by atoms with van der Waals surface area (Å²) in [6.45, 7) is 3.65. The van der Waals surface area contributed by atoms with Crippen LogP contribution in [0.3, 0.4) is 0 Å². The molecule has 1 atom stereocenters. The van der Waals surface area contributed by atoms with Crippen molar-refractivity contribution in [3.05, 3.63) is 0 Å². The van der Waals surface area contributed by atoms with Gasteiger partial charge in [-0.2, -0.15) is 0 Å². The van der Waals surface area contributed by atoms with Crippen LogP contribution in [0.25, 0.3) is 0 Å². The molecule has 16 heavy (non-hydrogen) atoms. The highest BCUT2D eigenvalue weighted by molar-refractivity contribution is 4.74. The van der Waals surface area contributed by atoms with Gasteiger partial charge in [0.25, 0.3) is 0 Å². The molecule has 1 aliphatic heterocycles. The number of nitrogens with one attached hydrogen (secondary N) is 2. The third-order valence-corrected chi connectivity index (χ3v) is 4.24. The van der Waals surface area contributed by atoms with Gasteiger partial charge in [-0.05, 0) is 44.7 Å². The Bertz CT molecular complexity index is 170. The van der Waals surface area contributed by atoms with Gasteiger partial charge in [-0.25, -0.2) is 0 Å². The van der Waals surface area contributed by atoms with Crippen molar-refractivity contribution in [1.82, 2.24) is 10.6 Å². The van der Waals surface area contributed by atoms with Crippen molar-refractivity contribution in [2.45, 2.75) is 63.8 Å². The van der Waals surface area contributed by atoms with Gasteiger partial charge in [-0.15, -0.1) is 0 Å². The maximum absolute atomic E-state index is 3.62. The van der Waals surface area contributed by atoms with E-state index in [1.807, 2.05) is 0 Å². The van der Waals surface area contributed by atoms with E-state index in [0.717, 1.165) is 12.0 Å². The zero-order chi connectivity index (χ0) is 11.1. The quantitative estimate of drug-likeness (QED) is 0.678. The van der Waals surface area contributed by atoms with Crippen molar-refractivity contribution in [3.8, 4) is 0 Å². The molecule has 0 spiro atoms. The Hall–Kier alpha value is -0.0800. The molecule has 2 fully saturated rings. The van der Waals surface area contributed by atoms with Crippen LogP contribution in [0.1, 0.15) is 57.8 Å². The minimum atomic E-state index is 0.750. The number of hydrogen-bond donors (Lipinski definition) is 2. The summed E-state index contributed by atoms with van der Waals surface area (Å²) >= 11 is 0. The number of hydrogen-bond acceptors (Lipinski definition) is 2. The van der Waals surface area contributed by atoms with Crippen molar-refractivity contribution in [2.75, 3.05) is 19.6 Å². The Morgan fingerprint density at radius 2 is 1.81 bits per heavy atom. The van der Waals surface area contributed by atoms with Crippen LogP contribution in [0.5, 0.6) is 0 Å². The van der Waals surface area contributed by atoms with Crippen LogP contribution >= 0.6 is 0 Å². The molecule has 94 valence electrons. The second kappa shape index (κ2) is 7.29. The second-order valence-electron chi connectivity index (χ2n) is 5.64. The zero-order valence-electron chi connectivity index (χ0n) is 10.6. The Morgan fingerprint density at radius 1 is 1.00 bits per heavy atom. The molecule has 0 aromatic carbocycles. The Morgan fingerprint density at radius 3 is 2.56 bits per heavy atom. The van der Waals surface area contributed by atoms with Gasteiger partial charge in [0.15, 0.2) is 0 Å². The van der Waals surface area contributed by atoms with Gasteiger partial charge in [0.05, 0.1) is 0 Å². The SMILES string of the molecule is C1CCC(CNCCCC2CCCC2)NC1. The first kappa shape index (κ1) is 12.4. The minimum absolute atomic E-state index is 0.750. The second-order valence-corrected chi connectivity index (χ2v) is 5.64. The Labute approximate surface area is 101 Å². The van der Waals surface area contributed by atoms with Crippen LogP contribution < -0.4 is 10.6 Å². The lowest BCUT2D eigenvalue weighted by Crippen LogP contribution is -2.41. The molecule has 2 nitrogen and oxygen atoms in total. The molecule has 1 saturated carbocycles. The largest absolute Gasteiger partial charge is 0.315 e. The van der Waals surface area contributed by atoms with E-state index < -0.39 is 0 Å². The Balaban J connectivity index is 1.42. The van der Waals surface area contributed by atoms with Gasteiger partial charge in [-0.1, -0.05) is 32.1 Å². The summed E-state index contributed by atoms with van der Waals surface area (Å²) in [6, 6.07) is 0.750.